The molecular formula is C46H33BrN10S4. The van der Waals surface area contributed by atoms with Crippen LogP contribution in [0.1, 0.15) is 0 Å². The number of pyridine rings is 2. The third kappa shape index (κ3) is 10.4. The van der Waals surface area contributed by atoms with E-state index in [1.165, 1.54) is 0 Å². The number of nitrogens with one attached hydrogen (secondary N) is 4. The fourth-order valence-electron chi connectivity index (χ4n) is 6.00. The van der Waals surface area contributed by atoms with E-state index in [-0.39, 0.29) is 0 Å². The van der Waals surface area contributed by atoms with E-state index in [4.69, 9.17) is 9.97 Å². The van der Waals surface area contributed by atoms with Crippen LogP contribution in [0.3, 0.4) is 0 Å². The summed E-state index contributed by atoms with van der Waals surface area (Å²) in [5, 5.41) is 23.0. The molecule has 6 aromatic heterocycles. The summed E-state index contributed by atoms with van der Waals surface area (Å²) >= 11 is 9.94. The van der Waals surface area contributed by atoms with E-state index in [0.29, 0.717) is 0 Å². The Bertz CT molecular complexity index is 2860. The summed E-state index contributed by atoms with van der Waals surface area (Å²) in [6.45, 7) is 0. The minimum Gasteiger partial charge on any atom is -0.331 e. The zero-order chi connectivity index (χ0) is 41.2. The molecule has 0 atom stereocenters. The van der Waals surface area contributed by atoms with Gasteiger partial charge in [-0.1, -0.05) is 84.1 Å². The van der Waals surface area contributed by atoms with Gasteiger partial charge in [0.1, 0.15) is 0 Å². The minimum absolute atomic E-state index is 0.833. The fraction of sp³-hybridized carbons (Fsp3) is 0. The molecule has 0 radical (unpaired) electrons. The first-order valence-electron chi connectivity index (χ1n) is 18.8. The Morgan fingerprint density at radius 1 is 0.393 bits per heavy atom. The van der Waals surface area contributed by atoms with Gasteiger partial charge in [0.15, 0.2) is 20.5 Å². The molecule has 4 aromatic carbocycles. The predicted octanol–water partition coefficient (Wildman–Crippen LogP) is 14.4. The van der Waals surface area contributed by atoms with E-state index in [9.17, 15) is 0 Å². The van der Waals surface area contributed by atoms with Crippen LogP contribution in [0.2, 0.25) is 0 Å². The molecule has 298 valence electrons. The van der Waals surface area contributed by atoms with Gasteiger partial charge in [-0.15, -0.1) is 34.0 Å². The number of benzene rings is 4. The van der Waals surface area contributed by atoms with E-state index >= 15 is 0 Å². The minimum atomic E-state index is 0.833. The smallest absolute Gasteiger partial charge is 0.188 e. The number of anilines is 8. The zero-order valence-electron chi connectivity index (χ0n) is 31.9. The summed E-state index contributed by atoms with van der Waals surface area (Å²) in [5.41, 5.74) is 11.8. The van der Waals surface area contributed by atoms with Crippen molar-refractivity contribution in [2.24, 2.45) is 0 Å². The third-order valence-electron chi connectivity index (χ3n) is 8.86. The highest BCUT2D eigenvalue weighted by molar-refractivity contribution is 9.11. The highest BCUT2D eigenvalue weighted by Crippen LogP contribution is 2.37. The van der Waals surface area contributed by atoms with E-state index < -0.39 is 0 Å². The molecule has 0 unspecified atom stereocenters. The van der Waals surface area contributed by atoms with Crippen molar-refractivity contribution in [1.29, 1.82) is 0 Å². The lowest BCUT2D eigenvalue weighted by molar-refractivity contribution is 1.30. The van der Waals surface area contributed by atoms with Gasteiger partial charge in [0.25, 0.3) is 0 Å². The van der Waals surface area contributed by atoms with Gasteiger partial charge in [0.2, 0.25) is 0 Å². The number of aromatic nitrogens is 6. The van der Waals surface area contributed by atoms with Crippen molar-refractivity contribution in [3.63, 3.8) is 0 Å². The number of halogens is 1. The Kier molecular flexibility index (Phi) is 12.5. The first-order chi connectivity index (χ1) is 30.1. The number of nitrogens with zero attached hydrogens (tertiary/aromatic N) is 6. The maximum Gasteiger partial charge on any atom is 0.188 e. The van der Waals surface area contributed by atoms with E-state index in [1.807, 2.05) is 126 Å². The summed E-state index contributed by atoms with van der Waals surface area (Å²) in [7, 11) is 0. The standard InChI is InChI=1S/C24H17BrN4S2.C22H16N6S2/c25-22-21(17-10-5-2-6-11-17)29-24(31-22)27-19-13-7-12-18(14-19)26-23-28-20(15-30-23)16-8-3-1-4-9-16;1-6-17(25-21-27-19(13-29-21)15-4-2-8-23-11-15)10-18(7-1)26-22-28-20(14-30-22)16-5-3-9-24-12-16/h1-15H,(H,26,28)(H,27,29);1-14H,(H,25,27)(H,26,28). The zero-order valence-corrected chi connectivity index (χ0v) is 36.8. The van der Waals surface area contributed by atoms with Crippen LogP contribution in [0.4, 0.5) is 43.3 Å². The number of thiazole rings is 4. The molecular weight excluding hydrogens is 901 g/mol. The van der Waals surface area contributed by atoms with Crippen molar-refractivity contribution in [3.8, 4) is 45.0 Å². The molecule has 0 saturated carbocycles. The van der Waals surface area contributed by atoms with Crippen LogP contribution in [0.15, 0.2) is 178 Å². The SMILES string of the molecule is Brc1sc(Nc2cccc(Nc3nc(-c4ccccc4)cs3)c2)nc1-c1ccccc1.c1cc(Nc2nc(-c3cccnc3)cs2)cc(Nc2nc(-c3cccnc3)cs2)c1. The average Bonchev–Trinajstić information content (AvgIpc) is 4.14. The second-order valence-corrected chi connectivity index (χ2v) is 18.0. The largest absolute Gasteiger partial charge is 0.331 e. The van der Waals surface area contributed by atoms with Crippen molar-refractivity contribution in [3.05, 3.63) is 178 Å². The topological polar surface area (TPSA) is 125 Å². The normalized spacial score (nSPS) is 10.7. The summed E-state index contributed by atoms with van der Waals surface area (Å²) < 4.78 is 1.01. The van der Waals surface area contributed by atoms with E-state index in [0.717, 1.165) is 92.1 Å². The predicted molar refractivity (Wildman–Crippen MR) is 260 cm³/mol. The highest BCUT2D eigenvalue weighted by atomic mass is 79.9. The molecule has 6 heterocycles. The maximum atomic E-state index is 4.76. The van der Waals surface area contributed by atoms with Crippen molar-refractivity contribution >= 4 is 105 Å². The molecule has 0 amide bonds. The number of hydrogen-bond acceptors (Lipinski definition) is 14. The number of rotatable bonds is 12. The second-order valence-electron chi connectivity index (χ2n) is 13.1. The van der Waals surface area contributed by atoms with Crippen LogP contribution in [0.5, 0.6) is 0 Å². The molecule has 0 aliphatic heterocycles. The number of hydrogen-bond donors (Lipinski definition) is 4. The van der Waals surface area contributed by atoms with Crippen LogP contribution in [-0.4, -0.2) is 29.9 Å². The molecule has 4 N–H and O–H groups in total. The van der Waals surface area contributed by atoms with Gasteiger partial charge in [-0.05, 0) is 76.6 Å². The summed E-state index contributed by atoms with van der Waals surface area (Å²) in [6, 6.07) is 44.4. The Morgan fingerprint density at radius 3 is 1.25 bits per heavy atom. The molecule has 0 bridgehead atoms. The molecule has 0 saturated heterocycles. The van der Waals surface area contributed by atoms with Crippen LogP contribution < -0.4 is 21.3 Å². The van der Waals surface area contributed by atoms with Crippen molar-refractivity contribution in [1.82, 2.24) is 29.9 Å². The lowest BCUT2D eigenvalue weighted by Gasteiger charge is -2.07. The van der Waals surface area contributed by atoms with Gasteiger partial charge >= 0.3 is 0 Å². The molecule has 10 aromatic rings. The molecule has 0 aliphatic rings. The molecule has 0 spiro atoms. The van der Waals surface area contributed by atoms with Crippen LogP contribution in [0, 0.1) is 0 Å². The lowest BCUT2D eigenvalue weighted by atomic mass is 10.2. The van der Waals surface area contributed by atoms with Crippen LogP contribution in [0.25, 0.3) is 45.0 Å². The van der Waals surface area contributed by atoms with Gasteiger partial charge in [-0.2, -0.15) is 0 Å². The van der Waals surface area contributed by atoms with Gasteiger partial charge in [0, 0.05) is 85.9 Å². The van der Waals surface area contributed by atoms with Crippen LogP contribution in [-0.2, 0) is 0 Å². The molecule has 15 heteroatoms. The fourth-order valence-corrected chi connectivity index (χ4v) is 9.73. The summed E-state index contributed by atoms with van der Waals surface area (Å²) in [5.74, 6) is 0. The van der Waals surface area contributed by atoms with Crippen molar-refractivity contribution < 1.29 is 0 Å². The summed E-state index contributed by atoms with van der Waals surface area (Å²) in [6.07, 6.45) is 7.15. The van der Waals surface area contributed by atoms with Crippen molar-refractivity contribution in [2.75, 3.05) is 21.3 Å². The summed E-state index contributed by atoms with van der Waals surface area (Å²) in [4.78, 5) is 27.1. The average molecular weight is 934 g/mol. The molecule has 0 aliphatic carbocycles. The Labute approximate surface area is 376 Å². The third-order valence-corrected chi connectivity index (χ3v) is 12.8. The quantitative estimate of drug-likeness (QED) is 0.0941. The Hall–Kier alpha value is -6.62. The molecule has 10 nitrogen and oxygen atoms in total. The molecule has 0 fully saturated rings. The van der Waals surface area contributed by atoms with Crippen molar-refractivity contribution in [2.45, 2.75) is 0 Å². The van der Waals surface area contributed by atoms with Gasteiger partial charge in [-0.25, -0.2) is 19.9 Å². The van der Waals surface area contributed by atoms with Gasteiger partial charge in [0.05, 0.1) is 26.6 Å². The van der Waals surface area contributed by atoms with E-state index in [2.05, 4.69) is 92.8 Å². The molecule has 61 heavy (non-hydrogen) atoms. The second kappa shape index (κ2) is 19.2. The lowest BCUT2D eigenvalue weighted by Crippen LogP contribution is -1.93. The Balaban J connectivity index is 0.000000156. The maximum absolute atomic E-state index is 4.76. The van der Waals surface area contributed by atoms with E-state index in [1.54, 1.807) is 57.7 Å². The first-order valence-corrected chi connectivity index (χ1v) is 23.1. The Morgan fingerprint density at radius 2 is 0.803 bits per heavy atom. The van der Waals surface area contributed by atoms with Gasteiger partial charge < -0.3 is 21.3 Å². The van der Waals surface area contributed by atoms with Gasteiger partial charge in [-0.3, -0.25) is 9.97 Å². The van der Waals surface area contributed by atoms with Crippen LogP contribution >= 0.6 is 61.3 Å². The first kappa shape index (κ1) is 39.8. The molecule has 10 rings (SSSR count). The monoisotopic (exact) mass is 932 g/mol. The highest BCUT2D eigenvalue weighted by Gasteiger charge is 2.12.